The van der Waals surface area contributed by atoms with Gasteiger partial charge in [-0.1, -0.05) is 6.07 Å². The first-order chi connectivity index (χ1) is 9.15. The molecule has 0 radical (unpaired) electrons. The summed E-state index contributed by atoms with van der Waals surface area (Å²) in [6.07, 6.45) is 1.62. The summed E-state index contributed by atoms with van der Waals surface area (Å²) in [6, 6.07) is 8.83. The zero-order valence-corrected chi connectivity index (χ0v) is 11.3. The van der Waals surface area contributed by atoms with E-state index in [2.05, 4.69) is 10.3 Å². The fourth-order valence-corrected chi connectivity index (χ4v) is 1.86. The molecule has 0 amide bonds. The summed E-state index contributed by atoms with van der Waals surface area (Å²) in [4.78, 5) is 4.10. The topological polar surface area (TPSA) is 34.1 Å². The van der Waals surface area contributed by atoms with Crippen LogP contribution in [-0.4, -0.2) is 19.1 Å². The van der Waals surface area contributed by atoms with E-state index in [1.54, 1.807) is 31.5 Å². The smallest absolute Gasteiger partial charge is 0.212 e. The molecule has 1 aromatic carbocycles. The predicted molar refractivity (Wildman–Crippen MR) is 73.7 cm³/mol. The van der Waals surface area contributed by atoms with Crippen LogP contribution in [0.5, 0.6) is 5.88 Å². The van der Waals surface area contributed by atoms with Crippen molar-refractivity contribution in [2.45, 2.75) is 13.0 Å². The molecule has 100 valence electrons. The van der Waals surface area contributed by atoms with Gasteiger partial charge in [0, 0.05) is 29.4 Å². The third kappa shape index (κ3) is 2.90. The van der Waals surface area contributed by atoms with Crippen LogP contribution in [0.4, 0.5) is 4.39 Å². The molecule has 1 heterocycles. The molecule has 1 aromatic heterocycles. The highest BCUT2D eigenvalue weighted by atomic mass is 19.1. The van der Waals surface area contributed by atoms with Crippen LogP contribution in [0.3, 0.4) is 0 Å². The molecular weight excluding hydrogens is 243 g/mol. The van der Waals surface area contributed by atoms with Crippen molar-refractivity contribution >= 4 is 0 Å². The van der Waals surface area contributed by atoms with Gasteiger partial charge in [-0.2, -0.15) is 0 Å². The summed E-state index contributed by atoms with van der Waals surface area (Å²) in [5.74, 6) is 0.267. The van der Waals surface area contributed by atoms with Gasteiger partial charge in [0.15, 0.2) is 0 Å². The van der Waals surface area contributed by atoms with E-state index in [0.717, 1.165) is 11.1 Å². The molecular formula is C15H17FN2O. The minimum Gasteiger partial charge on any atom is -0.481 e. The number of nitrogens with zero attached hydrogens (tertiary/aromatic N) is 1. The van der Waals surface area contributed by atoms with Crippen LogP contribution in [0.1, 0.15) is 18.5 Å². The van der Waals surface area contributed by atoms with E-state index in [1.807, 2.05) is 20.0 Å². The Hall–Kier alpha value is -1.94. The van der Waals surface area contributed by atoms with Crippen molar-refractivity contribution < 1.29 is 9.13 Å². The first-order valence-electron chi connectivity index (χ1n) is 6.13. The van der Waals surface area contributed by atoms with Gasteiger partial charge < -0.3 is 10.1 Å². The lowest BCUT2D eigenvalue weighted by Crippen LogP contribution is -2.12. The van der Waals surface area contributed by atoms with E-state index in [4.69, 9.17) is 4.74 Å². The number of hydrogen-bond donors (Lipinski definition) is 1. The molecule has 0 aliphatic heterocycles. The second-order valence-corrected chi connectivity index (χ2v) is 4.34. The number of rotatable bonds is 4. The third-order valence-electron chi connectivity index (χ3n) is 3.18. The maximum Gasteiger partial charge on any atom is 0.212 e. The van der Waals surface area contributed by atoms with Crippen LogP contribution in [0.25, 0.3) is 11.1 Å². The highest BCUT2D eigenvalue weighted by Crippen LogP contribution is 2.26. The Balaban J connectivity index is 2.42. The largest absolute Gasteiger partial charge is 0.481 e. The zero-order valence-electron chi connectivity index (χ0n) is 11.3. The molecule has 0 saturated heterocycles. The number of benzene rings is 1. The summed E-state index contributed by atoms with van der Waals surface area (Å²) >= 11 is 0. The molecule has 0 fully saturated rings. The second-order valence-electron chi connectivity index (χ2n) is 4.34. The molecule has 1 atom stereocenters. The molecule has 4 heteroatoms. The zero-order chi connectivity index (χ0) is 13.8. The fraction of sp³-hybridized carbons (Fsp3) is 0.267. The van der Waals surface area contributed by atoms with Crippen molar-refractivity contribution in [1.29, 1.82) is 0 Å². The molecule has 3 nitrogen and oxygen atoms in total. The van der Waals surface area contributed by atoms with Crippen molar-refractivity contribution in [2.75, 3.05) is 14.2 Å². The summed E-state index contributed by atoms with van der Waals surface area (Å²) in [6.45, 7) is 2.03. The van der Waals surface area contributed by atoms with Gasteiger partial charge in [-0.05, 0) is 37.7 Å². The number of hydrogen-bond acceptors (Lipinski definition) is 3. The number of aromatic nitrogens is 1. The second kappa shape index (κ2) is 5.80. The quantitative estimate of drug-likeness (QED) is 0.916. The molecule has 1 unspecified atom stereocenters. The summed E-state index contributed by atoms with van der Waals surface area (Å²) in [5, 5.41) is 3.14. The molecule has 0 aliphatic rings. The van der Waals surface area contributed by atoms with Gasteiger partial charge in [-0.15, -0.1) is 0 Å². The Bertz CT molecular complexity index is 555. The van der Waals surface area contributed by atoms with Crippen LogP contribution < -0.4 is 10.1 Å². The van der Waals surface area contributed by atoms with Gasteiger partial charge in [-0.25, -0.2) is 9.37 Å². The third-order valence-corrected chi connectivity index (χ3v) is 3.18. The molecule has 0 spiro atoms. The number of ether oxygens (including phenoxy) is 1. The first kappa shape index (κ1) is 13.5. The van der Waals surface area contributed by atoms with Gasteiger partial charge in [0.25, 0.3) is 0 Å². The number of pyridine rings is 1. The average molecular weight is 260 g/mol. The van der Waals surface area contributed by atoms with E-state index < -0.39 is 0 Å². The lowest BCUT2D eigenvalue weighted by atomic mass is 10.0. The first-order valence-corrected chi connectivity index (χ1v) is 6.13. The van der Waals surface area contributed by atoms with Crippen molar-refractivity contribution in [3.8, 4) is 17.0 Å². The molecule has 2 rings (SSSR count). The van der Waals surface area contributed by atoms with Gasteiger partial charge in [-0.3, -0.25) is 0 Å². The fourth-order valence-electron chi connectivity index (χ4n) is 1.86. The summed E-state index contributed by atoms with van der Waals surface area (Å²) < 4.78 is 18.9. The molecule has 19 heavy (non-hydrogen) atoms. The van der Waals surface area contributed by atoms with Gasteiger partial charge in [0.05, 0.1) is 7.11 Å². The predicted octanol–water partition coefficient (Wildman–Crippen LogP) is 3.18. The van der Waals surface area contributed by atoms with Crippen LogP contribution >= 0.6 is 0 Å². The minimum absolute atomic E-state index is 0.172. The van der Waals surface area contributed by atoms with Crippen molar-refractivity contribution in [3.63, 3.8) is 0 Å². The van der Waals surface area contributed by atoms with Crippen LogP contribution in [0.2, 0.25) is 0 Å². The Morgan fingerprint density at radius 1 is 1.26 bits per heavy atom. The highest BCUT2D eigenvalue weighted by molar-refractivity contribution is 5.64. The molecule has 1 N–H and O–H groups in total. The average Bonchev–Trinajstić information content (AvgIpc) is 2.47. The highest BCUT2D eigenvalue weighted by Gasteiger charge is 2.10. The number of nitrogens with one attached hydrogen (secondary N) is 1. The summed E-state index contributed by atoms with van der Waals surface area (Å²) in [5.41, 5.74) is 2.33. The lowest BCUT2D eigenvalue weighted by Gasteiger charge is -2.13. The van der Waals surface area contributed by atoms with E-state index in [-0.39, 0.29) is 11.9 Å². The molecule has 0 saturated carbocycles. The number of methoxy groups -OCH3 is 1. The number of halogens is 1. The van der Waals surface area contributed by atoms with Gasteiger partial charge >= 0.3 is 0 Å². The van der Waals surface area contributed by atoms with Crippen molar-refractivity contribution in [3.05, 3.63) is 47.9 Å². The Labute approximate surface area is 112 Å². The Morgan fingerprint density at radius 3 is 2.63 bits per heavy atom. The van der Waals surface area contributed by atoms with Crippen molar-refractivity contribution in [1.82, 2.24) is 10.3 Å². The Morgan fingerprint density at radius 2 is 2.05 bits per heavy atom. The van der Waals surface area contributed by atoms with E-state index >= 15 is 0 Å². The maximum atomic E-state index is 13.9. The Kier molecular flexibility index (Phi) is 4.12. The maximum absolute atomic E-state index is 13.9. The van der Waals surface area contributed by atoms with Crippen LogP contribution in [-0.2, 0) is 0 Å². The van der Waals surface area contributed by atoms with Gasteiger partial charge in [0.2, 0.25) is 5.88 Å². The van der Waals surface area contributed by atoms with Crippen LogP contribution in [0, 0.1) is 5.82 Å². The van der Waals surface area contributed by atoms with Crippen molar-refractivity contribution in [2.24, 2.45) is 0 Å². The molecule has 0 bridgehead atoms. The SMILES string of the molecule is CNC(C)c1ccc(F)c(-c2ccc(OC)nc2)c1. The minimum atomic E-state index is -0.251. The lowest BCUT2D eigenvalue weighted by molar-refractivity contribution is 0.398. The molecule has 0 aliphatic carbocycles. The van der Waals surface area contributed by atoms with Crippen LogP contribution in [0.15, 0.2) is 36.5 Å². The van der Waals surface area contributed by atoms with E-state index in [0.29, 0.717) is 11.4 Å². The van der Waals surface area contributed by atoms with Gasteiger partial charge in [0.1, 0.15) is 5.82 Å². The van der Waals surface area contributed by atoms with E-state index in [9.17, 15) is 4.39 Å². The summed E-state index contributed by atoms with van der Waals surface area (Å²) in [7, 11) is 3.43. The monoisotopic (exact) mass is 260 g/mol. The molecule has 2 aromatic rings. The van der Waals surface area contributed by atoms with E-state index in [1.165, 1.54) is 6.07 Å². The standard InChI is InChI=1S/C15H17FN2O/c1-10(17-2)11-4-6-14(16)13(8-11)12-5-7-15(19-3)18-9-12/h4-10,17H,1-3H3. The normalized spacial score (nSPS) is 12.2.